The van der Waals surface area contributed by atoms with Crippen molar-refractivity contribution >= 4 is 17.6 Å². The first kappa shape index (κ1) is 16.7. The lowest BCUT2D eigenvalue weighted by Gasteiger charge is -2.07. The SMILES string of the molecule is N#Cc1ccc(NC(=O)c2cc(-c3ccccc3O)on2)c(C(=O)O)c1. The molecule has 1 aromatic heterocycles. The Labute approximate surface area is 146 Å². The molecule has 26 heavy (non-hydrogen) atoms. The predicted octanol–water partition coefficient (Wildman–Crippen LogP) is 2.87. The molecule has 8 nitrogen and oxygen atoms in total. The van der Waals surface area contributed by atoms with E-state index in [9.17, 15) is 19.8 Å². The highest BCUT2D eigenvalue weighted by Crippen LogP contribution is 2.29. The van der Waals surface area contributed by atoms with Crippen molar-refractivity contribution in [2.24, 2.45) is 0 Å². The summed E-state index contributed by atoms with van der Waals surface area (Å²) in [5.74, 6) is -1.82. The maximum absolute atomic E-state index is 12.3. The van der Waals surface area contributed by atoms with Gasteiger partial charge in [-0.15, -0.1) is 0 Å². The predicted molar refractivity (Wildman–Crippen MR) is 89.7 cm³/mol. The molecule has 0 unspecified atom stereocenters. The molecule has 0 radical (unpaired) electrons. The number of hydrogen-bond acceptors (Lipinski definition) is 6. The van der Waals surface area contributed by atoms with Crippen molar-refractivity contribution < 1.29 is 24.3 Å². The third kappa shape index (κ3) is 3.22. The molecular formula is C18H11N3O5. The highest BCUT2D eigenvalue weighted by molar-refractivity contribution is 6.07. The molecule has 0 saturated heterocycles. The number of aromatic nitrogens is 1. The van der Waals surface area contributed by atoms with Gasteiger partial charge in [0.15, 0.2) is 11.5 Å². The number of benzene rings is 2. The van der Waals surface area contributed by atoms with Crippen LogP contribution in [-0.2, 0) is 0 Å². The first-order chi connectivity index (χ1) is 12.5. The average molecular weight is 349 g/mol. The van der Waals surface area contributed by atoms with Crippen molar-refractivity contribution in [2.45, 2.75) is 0 Å². The van der Waals surface area contributed by atoms with Crippen molar-refractivity contribution in [1.82, 2.24) is 5.16 Å². The number of amides is 1. The van der Waals surface area contributed by atoms with Crippen LogP contribution in [0.15, 0.2) is 53.1 Å². The minimum atomic E-state index is -1.28. The topological polar surface area (TPSA) is 136 Å². The molecule has 1 heterocycles. The van der Waals surface area contributed by atoms with Crippen LogP contribution >= 0.6 is 0 Å². The Morgan fingerprint density at radius 2 is 1.92 bits per heavy atom. The fraction of sp³-hybridized carbons (Fsp3) is 0. The van der Waals surface area contributed by atoms with Gasteiger partial charge in [-0.25, -0.2) is 4.79 Å². The van der Waals surface area contributed by atoms with E-state index in [4.69, 9.17) is 9.78 Å². The van der Waals surface area contributed by atoms with Crippen LogP contribution in [0.2, 0.25) is 0 Å². The molecule has 0 aliphatic rings. The second kappa shape index (κ2) is 6.78. The summed E-state index contributed by atoms with van der Waals surface area (Å²) in [6, 6.07) is 13.4. The Hall–Kier alpha value is -4.12. The molecule has 0 fully saturated rings. The maximum Gasteiger partial charge on any atom is 0.337 e. The Bertz CT molecular complexity index is 1050. The number of hydrogen-bond donors (Lipinski definition) is 3. The van der Waals surface area contributed by atoms with E-state index in [1.54, 1.807) is 18.2 Å². The van der Waals surface area contributed by atoms with E-state index >= 15 is 0 Å². The lowest BCUT2D eigenvalue weighted by Crippen LogP contribution is -2.15. The smallest absolute Gasteiger partial charge is 0.337 e. The fourth-order valence-corrected chi connectivity index (χ4v) is 2.28. The summed E-state index contributed by atoms with van der Waals surface area (Å²) in [7, 11) is 0. The molecule has 8 heteroatoms. The molecule has 1 amide bonds. The molecule has 0 aliphatic heterocycles. The van der Waals surface area contributed by atoms with Crippen LogP contribution in [0.4, 0.5) is 5.69 Å². The van der Waals surface area contributed by atoms with Gasteiger partial charge in [0, 0.05) is 6.07 Å². The lowest BCUT2D eigenvalue weighted by molar-refractivity contribution is 0.0698. The van der Waals surface area contributed by atoms with Gasteiger partial charge in [-0.3, -0.25) is 4.79 Å². The number of nitriles is 1. The molecule has 128 valence electrons. The van der Waals surface area contributed by atoms with Crippen molar-refractivity contribution in [1.29, 1.82) is 5.26 Å². The van der Waals surface area contributed by atoms with E-state index in [0.717, 1.165) is 6.07 Å². The van der Waals surface area contributed by atoms with Crippen LogP contribution in [0.25, 0.3) is 11.3 Å². The first-order valence-electron chi connectivity index (χ1n) is 7.33. The van der Waals surface area contributed by atoms with E-state index in [1.165, 1.54) is 24.3 Å². The Balaban J connectivity index is 1.87. The van der Waals surface area contributed by atoms with Gasteiger partial charge >= 0.3 is 5.97 Å². The summed E-state index contributed by atoms with van der Waals surface area (Å²) in [6.07, 6.45) is 0. The standard InChI is InChI=1S/C18H11N3O5/c19-9-10-5-6-13(12(7-10)18(24)25)20-17(23)14-8-16(26-21-14)11-3-1-2-4-15(11)22/h1-8,22H,(H,20,23)(H,24,25). The number of anilines is 1. The zero-order valence-corrected chi connectivity index (χ0v) is 13.1. The van der Waals surface area contributed by atoms with E-state index in [0.29, 0.717) is 5.56 Å². The largest absolute Gasteiger partial charge is 0.507 e. The van der Waals surface area contributed by atoms with Gasteiger partial charge in [0.05, 0.1) is 28.4 Å². The number of aromatic hydroxyl groups is 1. The van der Waals surface area contributed by atoms with Gasteiger partial charge < -0.3 is 20.1 Å². The molecule has 0 spiro atoms. The molecule has 3 N–H and O–H groups in total. The highest BCUT2D eigenvalue weighted by Gasteiger charge is 2.18. The van der Waals surface area contributed by atoms with E-state index in [1.807, 2.05) is 6.07 Å². The summed E-state index contributed by atoms with van der Waals surface area (Å²) < 4.78 is 5.07. The van der Waals surface area contributed by atoms with Crippen molar-refractivity contribution in [3.63, 3.8) is 0 Å². The van der Waals surface area contributed by atoms with Crippen LogP contribution < -0.4 is 5.32 Å². The number of carbonyl (C=O) groups excluding carboxylic acids is 1. The average Bonchev–Trinajstić information content (AvgIpc) is 3.12. The van der Waals surface area contributed by atoms with Gasteiger partial charge in [0.1, 0.15) is 5.75 Å². The number of carboxylic acids is 1. The van der Waals surface area contributed by atoms with Crippen molar-refractivity contribution in [2.75, 3.05) is 5.32 Å². The zero-order valence-electron chi connectivity index (χ0n) is 13.1. The fourth-order valence-electron chi connectivity index (χ4n) is 2.28. The third-order valence-corrected chi connectivity index (χ3v) is 3.54. The Kier molecular flexibility index (Phi) is 4.36. The molecule has 2 aromatic carbocycles. The first-order valence-corrected chi connectivity index (χ1v) is 7.33. The molecule has 3 rings (SSSR count). The summed E-state index contributed by atoms with van der Waals surface area (Å²) in [5.41, 5.74) is 0.228. The Morgan fingerprint density at radius 1 is 1.15 bits per heavy atom. The van der Waals surface area contributed by atoms with Crippen molar-refractivity contribution in [3.05, 3.63) is 65.4 Å². The van der Waals surface area contributed by atoms with Gasteiger partial charge in [0.25, 0.3) is 5.91 Å². The number of nitrogens with zero attached hydrogens (tertiary/aromatic N) is 2. The minimum absolute atomic E-state index is 0.0219. The molecule has 0 atom stereocenters. The molecule has 0 bridgehead atoms. The van der Waals surface area contributed by atoms with E-state index < -0.39 is 11.9 Å². The maximum atomic E-state index is 12.3. The monoisotopic (exact) mass is 349 g/mol. The second-order valence-corrected chi connectivity index (χ2v) is 5.22. The van der Waals surface area contributed by atoms with Gasteiger partial charge in [0.2, 0.25) is 0 Å². The van der Waals surface area contributed by atoms with Crippen LogP contribution in [0, 0.1) is 11.3 Å². The van der Waals surface area contributed by atoms with Crippen LogP contribution in [-0.4, -0.2) is 27.2 Å². The lowest BCUT2D eigenvalue weighted by atomic mass is 10.1. The summed E-state index contributed by atoms with van der Waals surface area (Å²) in [5, 5.41) is 34.0. The highest BCUT2D eigenvalue weighted by atomic mass is 16.5. The molecule has 0 aliphatic carbocycles. The number of carbonyl (C=O) groups is 2. The van der Waals surface area contributed by atoms with Crippen LogP contribution in [0.5, 0.6) is 5.75 Å². The molecule has 3 aromatic rings. The van der Waals surface area contributed by atoms with Gasteiger partial charge in [-0.05, 0) is 30.3 Å². The molecular weight excluding hydrogens is 338 g/mol. The summed E-state index contributed by atoms with van der Waals surface area (Å²) in [4.78, 5) is 23.6. The number of para-hydroxylation sites is 1. The van der Waals surface area contributed by atoms with Crippen molar-refractivity contribution in [3.8, 4) is 23.1 Å². The van der Waals surface area contributed by atoms with E-state index in [-0.39, 0.29) is 34.0 Å². The van der Waals surface area contributed by atoms with Crippen LogP contribution in [0.3, 0.4) is 0 Å². The molecule has 0 saturated carbocycles. The van der Waals surface area contributed by atoms with Crippen LogP contribution in [0.1, 0.15) is 26.4 Å². The number of phenolic OH excluding ortho intramolecular Hbond substituents is 1. The Morgan fingerprint density at radius 3 is 2.62 bits per heavy atom. The number of phenols is 1. The number of carboxylic acid groups (broad SMARTS) is 1. The summed E-state index contributed by atoms with van der Waals surface area (Å²) in [6.45, 7) is 0. The zero-order chi connectivity index (χ0) is 18.7. The van der Waals surface area contributed by atoms with E-state index in [2.05, 4.69) is 10.5 Å². The number of nitrogens with one attached hydrogen (secondary N) is 1. The van der Waals surface area contributed by atoms with Gasteiger partial charge in [-0.2, -0.15) is 5.26 Å². The normalized spacial score (nSPS) is 10.1. The quantitative estimate of drug-likeness (QED) is 0.658. The van der Waals surface area contributed by atoms with Gasteiger partial charge in [-0.1, -0.05) is 17.3 Å². The summed E-state index contributed by atoms with van der Waals surface area (Å²) >= 11 is 0. The minimum Gasteiger partial charge on any atom is -0.507 e. The second-order valence-electron chi connectivity index (χ2n) is 5.22. The number of rotatable bonds is 4. The number of aromatic carboxylic acids is 1. The third-order valence-electron chi connectivity index (χ3n) is 3.54.